The summed E-state index contributed by atoms with van der Waals surface area (Å²) in [7, 11) is 0. The second-order valence-electron chi connectivity index (χ2n) is 5.79. The van der Waals surface area contributed by atoms with E-state index in [0.717, 1.165) is 29.9 Å². The lowest BCUT2D eigenvalue weighted by Crippen LogP contribution is -2.27. The highest BCUT2D eigenvalue weighted by molar-refractivity contribution is 5.76. The fraction of sp³-hybridized carbons (Fsp3) is 0.412. The lowest BCUT2D eigenvalue weighted by molar-refractivity contribution is -0.122. The van der Waals surface area contributed by atoms with Crippen LogP contribution in [0.4, 0.5) is 0 Å². The highest BCUT2D eigenvalue weighted by Gasteiger charge is 2.15. The second kappa shape index (κ2) is 6.22. The molecule has 1 atom stereocenters. The lowest BCUT2D eigenvalue weighted by atomic mass is 10.0. The Morgan fingerprint density at radius 3 is 3.14 bits per heavy atom. The molecule has 1 aromatic carbocycles. The van der Waals surface area contributed by atoms with Gasteiger partial charge < -0.3 is 10.1 Å². The van der Waals surface area contributed by atoms with E-state index in [1.807, 2.05) is 32.2 Å². The summed E-state index contributed by atoms with van der Waals surface area (Å²) >= 11 is 0. The predicted molar refractivity (Wildman–Crippen MR) is 83.8 cm³/mol. The number of carbonyl (C=O) groups excluding carboxylic acids is 1. The number of aromatic nitrogens is 2. The van der Waals surface area contributed by atoms with Crippen molar-refractivity contribution in [2.75, 3.05) is 6.61 Å². The minimum atomic E-state index is -0.00208. The molecule has 0 radical (unpaired) electrons. The van der Waals surface area contributed by atoms with Gasteiger partial charge in [0.25, 0.3) is 0 Å². The van der Waals surface area contributed by atoms with Crippen molar-refractivity contribution in [3.05, 3.63) is 47.3 Å². The van der Waals surface area contributed by atoms with E-state index in [2.05, 4.69) is 16.5 Å². The number of aryl methyl sites for hydroxylation is 2. The molecule has 22 heavy (non-hydrogen) atoms. The third-order valence-corrected chi connectivity index (χ3v) is 3.92. The van der Waals surface area contributed by atoms with Crippen LogP contribution in [0.15, 0.2) is 30.6 Å². The molecule has 0 aliphatic carbocycles. The Kier molecular flexibility index (Phi) is 4.13. The van der Waals surface area contributed by atoms with E-state index >= 15 is 0 Å². The molecule has 0 unspecified atom stereocenters. The molecule has 116 valence electrons. The van der Waals surface area contributed by atoms with E-state index in [9.17, 15) is 4.79 Å². The minimum Gasteiger partial charge on any atom is -0.493 e. The topological polar surface area (TPSA) is 56.2 Å². The molecule has 5 nitrogen and oxygen atoms in total. The van der Waals surface area contributed by atoms with Crippen molar-refractivity contribution in [3.8, 4) is 5.75 Å². The van der Waals surface area contributed by atoms with Crippen molar-refractivity contribution in [2.24, 2.45) is 0 Å². The highest BCUT2D eigenvalue weighted by atomic mass is 16.5. The number of nitrogens with one attached hydrogen (secondary N) is 1. The number of hydrogen-bond donors (Lipinski definition) is 1. The molecule has 0 fully saturated rings. The van der Waals surface area contributed by atoms with Gasteiger partial charge in [0.1, 0.15) is 5.75 Å². The molecule has 1 aliphatic rings. The zero-order chi connectivity index (χ0) is 15.5. The first-order chi connectivity index (χ1) is 10.6. The Hall–Kier alpha value is -2.30. The molecule has 1 N–H and O–H groups in total. The quantitative estimate of drug-likeness (QED) is 0.922. The molecular formula is C17H21N3O2. The number of amides is 1. The summed E-state index contributed by atoms with van der Waals surface area (Å²) < 4.78 is 7.30. The SMILES string of the molecule is Cc1cnn(CCC(=O)N[C@H](C)c2ccc3c(c2)CCO3)c1. The van der Waals surface area contributed by atoms with Crippen molar-refractivity contribution in [2.45, 2.75) is 39.3 Å². The maximum atomic E-state index is 12.1. The normalized spacial score (nSPS) is 14.3. The number of ether oxygens (including phenoxy) is 1. The van der Waals surface area contributed by atoms with Crippen LogP contribution in [0.2, 0.25) is 0 Å². The van der Waals surface area contributed by atoms with Crippen LogP contribution in [0.5, 0.6) is 5.75 Å². The van der Waals surface area contributed by atoms with E-state index in [0.29, 0.717) is 13.0 Å². The fourth-order valence-electron chi connectivity index (χ4n) is 2.68. The van der Waals surface area contributed by atoms with Crippen LogP contribution in [-0.2, 0) is 17.8 Å². The van der Waals surface area contributed by atoms with Gasteiger partial charge in [-0.05, 0) is 42.7 Å². The maximum absolute atomic E-state index is 12.1. The minimum absolute atomic E-state index is 0.00208. The van der Waals surface area contributed by atoms with Gasteiger partial charge in [-0.15, -0.1) is 0 Å². The summed E-state index contributed by atoms with van der Waals surface area (Å²) in [6.45, 7) is 5.35. The van der Waals surface area contributed by atoms with Gasteiger partial charge in [-0.3, -0.25) is 9.48 Å². The smallest absolute Gasteiger partial charge is 0.222 e. The van der Waals surface area contributed by atoms with Gasteiger partial charge in [0.2, 0.25) is 5.91 Å². The molecule has 0 bridgehead atoms. The van der Waals surface area contributed by atoms with Crippen LogP contribution < -0.4 is 10.1 Å². The highest BCUT2D eigenvalue weighted by Crippen LogP contribution is 2.28. The Morgan fingerprint density at radius 2 is 2.36 bits per heavy atom. The molecule has 1 aromatic heterocycles. The summed E-state index contributed by atoms with van der Waals surface area (Å²) in [5.74, 6) is 1.01. The summed E-state index contributed by atoms with van der Waals surface area (Å²) in [6, 6.07) is 6.14. The first-order valence-corrected chi connectivity index (χ1v) is 7.66. The van der Waals surface area contributed by atoms with Gasteiger partial charge >= 0.3 is 0 Å². The molecule has 0 spiro atoms. The van der Waals surface area contributed by atoms with Gasteiger partial charge in [0.05, 0.1) is 18.8 Å². The summed E-state index contributed by atoms with van der Waals surface area (Å²) in [6.07, 6.45) is 5.12. The Bertz CT molecular complexity index is 678. The van der Waals surface area contributed by atoms with Gasteiger partial charge in [-0.25, -0.2) is 0 Å². The molecule has 0 saturated carbocycles. The Morgan fingerprint density at radius 1 is 1.50 bits per heavy atom. The number of fused-ring (bicyclic) bond motifs is 1. The largest absolute Gasteiger partial charge is 0.493 e. The average molecular weight is 299 g/mol. The third-order valence-electron chi connectivity index (χ3n) is 3.92. The van der Waals surface area contributed by atoms with Gasteiger partial charge in [-0.1, -0.05) is 6.07 Å². The molecular weight excluding hydrogens is 278 g/mol. The summed E-state index contributed by atoms with van der Waals surface area (Å²) in [4.78, 5) is 12.1. The van der Waals surface area contributed by atoms with Crippen LogP contribution in [0.1, 0.15) is 36.1 Å². The molecule has 1 aliphatic heterocycles. The third kappa shape index (κ3) is 3.30. The van der Waals surface area contributed by atoms with Crippen molar-refractivity contribution < 1.29 is 9.53 Å². The van der Waals surface area contributed by atoms with Gasteiger partial charge in [-0.2, -0.15) is 5.10 Å². The first-order valence-electron chi connectivity index (χ1n) is 7.66. The van der Waals surface area contributed by atoms with Gasteiger partial charge in [0.15, 0.2) is 0 Å². The van der Waals surface area contributed by atoms with E-state index in [1.54, 1.807) is 10.9 Å². The average Bonchev–Trinajstić information content (AvgIpc) is 3.12. The number of carbonyl (C=O) groups is 1. The van der Waals surface area contributed by atoms with E-state index in [4.69, 9.17) is 4.74 Å². The van der Waals surface area contributed by atoms with Crippen LogP contribution >= 0.6 is 0 Å². The lowest BCUT2D eigenvalue weighted by Gasteiger charge is -2.15. The van der Waals surface area contributed by atoms with Gasteiger partial charge in [0, 0.05) is 25.6 Å². The zero-order valence-corrected chi connectivity index (χ0v) is 13.0. The van der Waals surface area contributed by atoms with E-state index in [-0.39, 0.29) is 11.9 Å². The van der Waals surface area contributed by atoms with E-state index in [1.165, 1.54) is 5.56 Å². The molecule has 1 amide bonds. The van der Waals surface area contributed by atoms with Crippen molar-refractivity contribution in [1.29, 1.82) is 0 Å². The van der Waals surface area contributed by atoms with Crippen LogP contribution in [0.25, 0.3) is 0 Å². The summed E-state index contributed by atoms with van der Waals surface area (Å²) in [5.41, 5.74) is 3.45. The number of rotatable bonds is 5. The van der Waals surface area contributed by atoms with E-state index < -0.39 is 0 Å². The standard InChI is InChI=1S/C17H21N3O2/c1-12-10-18-20(11-12)7-5-17(21)19-13(2)14-3-4-16-15(9-14)6-8-22-16/h3-4,9-11,13H,5-8H2,1-2H3,(H,19,21)/t13-/m1/s1. The maximum Gasteiger partial charge on any atom is 0.222 e. The first kappa shape index (κ1) is 14.6. The predicted octanol–water partition coefficient (Wildman–Crippen LogP) is 2.39. The monoisotopic (exact) mass is 299 g/mol. The van der Waals surface area contributed by atoms with Crippen molar-refractivity contribution >= 4 is 5.91 Å². The number of hydrogen-bond acceptors (Lipinski definition) is 3. The number of nitrogens with zero attached hydrogens (tertiary/aromatic N) is 2. The van der Waals surface area contributed by atoms with Crippen molar-refractivity contribution in [1.82, 2.24) is 15.1 Å². The van der Waals surface area contributed by atoms with Crippen LogP contribution in [0, 0.1) is 6.92 Å². The zero-order valence-electron chi connectivity index (χ0n) is 13.0. The molecule has 5 heteroatoms. The fourth-order valence-corrected chi connectivity index (χ4v) is 2.68. The Balaban J connectivity index is 1.54. The van der Waals surface area contributed by atoms with Crippen molar-refractivity contribution in [3.63, 3.8) is 0 Å². The summed E-state index contributed by atoms with van der Waals surface area (Å²) in [5, 5.41) is 7.23. The molecule has 2 aromatic rings. The Labute approximate surface area is 130 Å². The molecule has 2 heterocycles. The molecule has 3 rings (SSSR count). The second-order valence-corrected chi connectivity index (χ2v) is 5.79. The van der Waals surface area contributed by atoms with Crippen LogP contribution in [-0.4, -0.2) is 22.3 Å². The molecule has 0 saturated heterocycles. The number of benzene rings is 1. The van der Waals surface area contributed by atoms with Crippen LogP contribution in [0.3, 0.4) is 0 Å².